The molecule has 0 saturated carbocycles. The maximum atomic E-state index is 13.9. The first-order valence-electron chi connectivity index (χ1n) is 14.1. The van der Waals surface area contributed by atoms with Crippen LogP contribution < -0.4 is 14.4 Å². The normalized spacial score (nSPS) is 19.3. The van der Waals surface area contributed by atoms with Crippen molar-refractivity contribution in [2.45, 2.75) is 61.4 Å². The molecule has 1 atom stereocenters. The Morgan fingerprint density at radius 2 is 1.81 bits per heavy atom. The third-order valence-corrected chi connectivity index (χ3v) is 10.6. The molecule has 0 fully saturated rings. The molecule has 232 valence electrons. The van der Waals surface area contributed by atoms with Gasteiger partial charge in [-0.15, -0.1) is 22.5 Å². The SMILES string of the molecule is CCCCC1(CC)CN(c2ccccc2)c2cc(SC)c(OC=C(F)C(=O)O)cc2S(O)(O)N1Cc1ccc(OC)cc1. The van der Waals surface area contributed by atoms with Gasteiger partial charge >= 0.3 is 5.97 Å². The summed E-state index contributed by atoms with van der Waals surface area (Å²) in [7, 11) is -2.09. The molecule has 3 aromatic rings. The van der Waals surface area contributed by atoms with Crippen LogP contribution in [0.2, 0.25) is 0 Å². The van der Waals surface area contributed by atoms with Gasteiger partial charge in [-0.05, 0) is 55.0 Å². The third-order valence-electron chi connectivity index (χ3n) is 7.82. The molecule has 3 N–H and O–H groups in total. The van der Waals surface area contributed by atoms with E-state index in [4.69, 9.17) is 14.6 Å². The molecule has 8 nitrogen and oxygen atoms in total. The van der Waals surface area contributed by atoms with Gasteiger partial charge in [0, 0.05) is 24.8 Å². The largest absolute Gasteiger partial charge is 0.497 e. The number of unbranched alkanes of at least 4 members (excludes halogenated alkanes) is 1. The number of aliphatic carboxylic acids is 1. The predicted molar refractivity (Wildman–Crippen MR) is 171 cm³/mol. The molecule has 1 aliphatic rings. The molecule has 0 amide bonds. The molecule has 1 heterocycles. The molecule has 0 spiro atoms. The van der Waals surface area contributed by atoms with E-state index in [9.17, 15) is 18.3 Å². The maximum Gasteiger partial charge on any atom is 0.368 e. The summed E-state index contributed by atoms with van der Waals surface area (Å²) in [4.78, 5) is 14.0. The fourth-order valence-corrected chi connectivity index (χ4v) is 8.03. The summed E-state index contributed by atoms with van der Waals surface area (Å²) in [6.45, 7) is 4.93. The van der Waals surface area contributed by atoms with Crippen LogP contribution in [0.25, 0.3) is 0 Å². The lowest BCUT2D eigenvalue weighted by molar-refractivity contribution is -0.134. The number of methoxy groups -OCH3 is 1. The van der Waals surface area contributed by atoms with Gasteiger partial charge < -0.3 is 19.5 Å². The number of halogens is 1. The lowest BCUT2D eigenvalue weighted by atomic mass is 9.88. The fourth-order valence-electron chi connectivity index (χ4n) is 5.39. The molecule has 0 saturated heterocycles. The number of ether oxygens (including phenoxy) is 2. The van der Waals surface area contributed by atoms with Gasteiger partial charge in [0.1, 0.15) is 22.7 Å². The highest BCUT2D eigenvalue weighted by Crippen LogP contribution is 2.64. The van der Waals surface area contributed by atoms with E-state index in [2.05, 4.69) is 18.7 Å². The van der Waals surface area contributed by atoms with Crippen LogP contribution in [0.4, 0.5) is 15.8 Å². The lowest BCUT2D eigenvalue weighted by Gasteiger charge is -2.52. The summed E-state index contributed by atoms with van der Waals surface area (Å²) in [5, 5.41) is 9.00. The molecule has 0 aromatic heterocycles. The smallest absolute Gasteiger partial charge is 0.368 e. The molecule has 1 unspecified atom stereocenters. The maximum absolute atomic E-state index is 13.9. The van der Waals surface area contributed by atoms with E-state index >= 15 is 0 Å². The Kier molecular flexibility index (Phi) is 10.7. The molecule has 4 rings (SSSR count). The Morgan fingerprint density at radius 3 is 2.40 bits per heavy atom. The number of fused-ring (bicyclic) bond motifs is 1. The van der Waals surface area contributed by atoms with Crippen LogP contribution in [-0.2, 0) is 11.3 Å². The van der Waals surface area contributed by atoms with Gasteiger partial charge in [-0.25, -0.2) is 4.79 Å². The Balaban J connectivity index is 1.98. The highest BCUT2D eigenvalue weighted by Gasteiger charge is 2.48. The van der Waals surface area contributed by atoms with Gasteiger partial charge in [-0.1, -0.05) is 57.0 Å². The van der Waals surface area contributed by atoms with Crippen LogP contribution >= 0.6 is 22.5 Å². The molecular weight excluding hydrogens is 591 g/mol. The zero-order valence-corrected chi connectivity index (χ0v) is 26.5. The number of benzene rings is 3. The van der Waals surface area contributed by atoms with Gasteiger partial charge in [-0.2, -0.15) is 8.70 Å². The molecule has 0 radical (unpaired) electrons. The quantitative estimate of drug-likeness (QED) is 0.103. The average Bonchev–Trinajstić information content (AvgIpc) is 3.10. The molecule has 1 aliphatic heterocycles. The number of carbonyl (C=O) groups is 1. The van der Waals surface area contributed by atoms with Crippen LogP contribution in [-0.4, -0.2) is 49.9 Å². The summed E-state index contributed by atoms with van der Waals surface area (Å²) in [5.74, 6) is -2.40. The second-order valence-electron chi connectivity index (χ2n) is 10.4. The minimum atomic E-state index is -3.69. The van der Waals surface area contributed by atoms with Gasteiger partial charge in [0.25, 0.3) is 0 Å². The number of thioether (sulfide) groups is 1. The van der Waals surface area contributed by atoms with E-state index in [0.717, 1.165) is 24.1 Å². The topological polar surface area (TPSA) is 103 Å². The van der Waals surface area contributed by atoms with E-state index in [-0.39, 0.29) is 17.2 Å². The Hall–Kier alpha value is -3.22. The zero-order chi connectivity index (χ0) is 31.2. The van der Waals surface area contributed by atoms with Gasteiger partial charge in [0.15, 0.2) is 0 Å². The van der Waals surface area contributed by atoms with Crippen molar-refractivity contribution in [3.8, 4) is 11.5 Å². The van der Waals surface area contributed by atoms with Gasteiger partial charge in [0.2, 0.25) is 5.83 Å². The van der Waals surface area contributed by atoms with E-state index < -0.39 is 28.1 Å². The number of anilines is 2. The molecule has 43 heavy (non-hydrogen) atoms. The van der Waals surface area contributed by atoms with Crippen molar-refractivity contribution in [2.24, 2.45) is 0 Å². The molecule has 0 bridgehead atoms. The first-order valence-corrected chi connectivity index (χ1v) is 16.8. The first kappa shape index (κ1) is 32.7. The minimum Gasteiger partial charge on any atom is -0.497 e. The number of rotatable bonds is 12. The van der Waals surface area contributed by atoms with Crippen molar-refractivity contribution in [3.05, 3.63) is 84.4 Å². The van der Waals surface area contributed by atoms with Crippen molar-refractivity contribution in [1.82, 2.24) is 4.31 Å². The van der Waals surface area contributed by atoms with Crippen molar-refractivity contribution in [1.29, 1.82) is 0 Å². The third kappa shape index (κ3) is 6.97. The number of nitrogens with zero attached hydrogens (tertiary/aromatic N) is 2. The standard InChI is InChI=1S/C32H39FN2O6S2/c1-5-7-17-32(6-2)22-34(24-11-9-8-10-12-24)27-18-29(42-4)28(41-21-26(33)31(36)37)19-30(27)43(38,39)35(32)20-23-13-15-25(40-3)16-14-23/h8-16,18-19,21,38-39H,5-7,17,20,22H2,1-4H3,(H,36,37). The van der Waals surface area contributed by atoms with Crippen molar-refractivity contribution in [3.63, 3.8) is 0 Å². The van der Waals surface area contributed by atoms with Crippen LogP contribution in [0.5, 0.6) is 11.5 Å². The molecule has 0 aliphatic carbocycles. The molecule has 11 heteroatoms. The summed E-state index contributed by atoms with van der Waals surface area (Å²) in [5.41, 5.74) is 1.71. The summed E-state index contributed by atoms with van der Waals surface area (Å²) >= 11 is 1.33. The number of para-hydroxylation sites is 1. The molecule has 3 aromatic carbocycles. The summed E-state index contributed by atoms with van der Waals surface area (Å²) in [6, 6.07) is 20.6. The number of hydrogen-bond donors (Lipinski definition) is 3. The van der Waals surface area contributed by atoms with Crippen molar-refractivity contribution < 1.29 is 32.9 Å². The van der Waals surface area contributed by atoms with Crippen LogP contribution in [0.1, 0.15) is 45.1 Å². The second kappa shape index (κ2) is 14.0. The van der Waals surface area contributed by atoms with E-state index in [1.54, 1.807) is 13.2 Å². The highest BCUT2D eigenvalue weighted by atomic mass is 32.3. The highest BCUT2D eigenvalue weighted by molar-refractivity contribution is 8.22. The molecular formula is C32H39FN2O6S2. The summed E-state index contributed by atoms with van der Waals surface area (Å²) < 4.78 is 51.4. The monoisotopic (exact) mass is 630 g/mol. The van der Waals surface area contributed by atoms with E-state index in [1.807, 2.05) is 65.2 Å². The van der Waals surface area contributed by atoms with Crippen molar-refractivity contribution >= 4 is 39.9 Å². The van der Waals surface area contributed by atoms with E-state index in [0.29, 0.717) is 42.0 Å². The predicted octanol–water partition coefficient (Wildman–Crippen LogP) is 8.71. The van der Waals surface area contributed by atoms with Gasteiger partial charge in [0.05, 0.1) is 23.2 Å². The zero-order valence-electron chi connectivity index (χ0n) is 24.8. The Bertz CT molecular complexity index is 1440. The number of carboxylic acid groups (broad SMARTS) is 1. The van der Waals surface area contributed by atoms with Crippen molar-refractivity contribution in [2.75, 3.05) is 24.8 Å². The van der Waals surface area contributed by atoms with Crippen LogP contribution in [0.15, 0.2) is 88.6 Å². The lowest BCUT2D eigenvalue weighted by Crippen LogP contribution is -2.53. The van der Waals surface area contributed by atoms with E-state index in [1.165, 1.54) is 17.8 Å². The number of hydrogen-bond acceptors (Lipinski definition) is 8. The van der Waals surface area contributed by atoms with Gasteiger partial charge in [-0.3, -0.25) is 9.11 Å². The Labute approximate surface area is 258 Å². The summed E-state index contributed by atoms with van der Waals surface area (Å²) in [6.07, 6.45) is 5.52. The minimum absolute atomic E-state index is 0.123. The second-order valence-corrected chi connectivity index (χ2v) is 13.1. The van der Waals surface area contributed by atoms with Crippen LogP contribution in [0, 0.1) is 0 Å². The first-order chi connectivity index (χ1) is 20.6. The average molecular weight is 631 g/mol. The fraction of sp³-hybridized carbons (Fsp3) is 0.344. The van der Waals surface area contributed by atoms with Crippen LogP contribution in [0.3, 0.4) is 0 Å². The number of carboxylic acids is 1. The Morgan fingerprint density at radius 1 is 1.12 bits per heavy atom.